The van der Waals surface area contributed by atoms with Crippen molar-refractivity contribution in [1.82, 2.24) is 20.4 Å². The van der Waals surface area contributed by atoms with Gasteiger partial charge in [0.2, 0.25) is 5.91 Å². The van der Waals surface area contributed by atoms with Gasteiger partial charge in [0.1, 0.15) is 0 Å². The Labute approximate surface area is 134 Å². The van der Waals surface area contributed by atoms with Crippen LogP contribution in [0.15, 0.2) is 23.7 Å². The first-order valence-electron chi connectivity index (χ1n) is 7.88. The Morgan fingerprint density at radius 1 is 1.32 bits per heavy atom. The van der Waals surface area contributed by atoms with Gasteiger partial charge in [0.05, 0.1) is 23.3 Å². The Morgan fingerprint density at radius 2 is 2.14 bits per heavy atom. The molecule has 0 aliphatic carbocycles. The number of thiophene rings is 1. The number of aromatic nitrogens is 2. The fourth-order valence-electron chi connectivity index (χ4n) is 2.83. The molecule has 1 fully saturated rings. The Bertz CT molecular complexity index is 585. The number of carbonyl (C=O) groups is 1. The van der Waals surface area contributed by atoms with Gasteiger partial charge in [-0.1, -0.05) is 18.9 Å². The van der Waals surface area contributed by atoms with Crippen LogP contribution >= 0.6 is 11.3 Å². The lowest BCUT2D eigenvalue weighted by Crippen LogP contribution is -2.37. The van der Waals surface area contributed by atoms with E-state index in [2.05, 4.69) is 26.5 Å². The van der Waals surface area contributed by atoms with E-state index in [-0.39, 0.29) is 5.91 Å². The number of carbonyl (C=O) groups excluding carboxylic acids is 1. The first kappa shape index (κ1) is 15.2. The topological polar surface area (TPSA) is 61.0 Å². The van der Waals surface area contributed by atoms with Crippen LogP contribution < -0.4 is 5.32 Å². The number of amides is 1. The molecule has 0 atom stereocenters. The third kappa shape index (κ3) is 3.96. The molecule has 0 aromatic carbocycles. The van der Waals surface area contributed by atoms with Crippen molar-refractivity contribution in [2.75, 3.05) is 19.6 Å². The maximum absolute atomic E-state index is 12.1. The Morgan fingerprint density at radius 3 is 2.86 bits per heavy atom. The van der Waals surface area contributed by atoms with Crippen LogP contribution in [0.3, 0.4) is 0 Å². The molecule has 1 amide bonds. The fourth-order valence-corrected chi connectivity index (χ4v) is 3.58. The SMILES string of the molecule is O=C(CN1CCCCCC1)NCc1cn[nH]c1-c1cccs1. The van der Waals surface area contributed by atoms with Crippen LogP contribution in [0, 0.1) is 0 Å². The molecule has 3 heterocycles. The second-order valence-electron chi connectivity index (χ2n) is 5.71. The fraction of sp³-hybridized carbons (Fsp3) is 0.500. The van der Waals surface area contributed by atoms with Gasteiger partial charge in [0.15, 0.2) is 0 Å². The standard InChI is InChI=1S/C16H22N4OS/c21-15(12-20-7-3-1-2-4-8-20)17-10-13-11-18-19-16(13)14-6-5-9-22-14/h5-6,9,11H,1-4,7-8,10,12H2,(H,17,21)(H,18,19). The minimum absolute atomic E-state index is 0.0974. The highest BCUT2D eigenvalue weighted by atomic mass is 32.1. The summed E-state index contributed by atoms with van der Waals surface area (Å²) in [5, 5.41) is 12.2. The third-order valence-corrected chi connectivity index (χ3v) is 4.91. The first-order chi connectivity index (χ1) is 10.8. The zero-order valence-corrected chi connectivity index (χ0v) is 13.5. The molecule has 118 valence electrons. The molecular weight excluding hydrogens is 296 g/mol. The lowest BCUT2D eigenvalue weighted by atomic mass is 10.2. The third-order valence-electron chi connectivity index (χ3n) is 4.03. The van der Waals surface area contributed by atoms with Crippen LogP contribution in [0.4, 0.5) is 0 Å². The van der Waals surface area contributed by atoms with Gasteiger partial charge in [-0.05, 0) is 37.4 Å². The van der Waals surface area contributed by atoms with Gasteiger partial charge < -0.3 is 5.32 Å². The number of nitrogens with one attached hydrogen (secondary N) is 2. The number of aromatic amines is 1. The summed E-state index contributed by atoms with van der Waals surface area (Å²) in [7, 11) is 0. The molecule has 0 radical (unpaired) electrons. The van der Waals surface area contributed by atoms with E-state index in [1.165, 1.54) is 25.7 Å². The van der Waals surface area contributed by atoms with Crippen LogP contribution in [-0.4, -0.2) is 40.6 Å². The van der Waals surface area contributed by atoms with Gasteiger partial charge in [-0.3, -0.25) is 14.8 Å². The smallest absolute Gasteiger partial charge is 0.234 e. The number of nitrogens with zero attached hydrogens (tertiary/aromatic N) is 2. The zero-order chi connectivity index (χ0) is 15.2. The Balaban J connectivity index is 1.52. The molecular formula is C16H22N4OS. The zero-order valence-electron chi connectivity index (χ0n) is 12.7. The van der Waals surface area contributed by atoms with Gasteiger partial charge in [-0.25, -0.2) is 0 Å². The highest BCUT2D eigenvalue weighted by molar-refractivity contribution is 7.13. The molecule has 0 spiro atoms. The van der Waals surface area contributed by atoms with E-state index in [0.29, 0.717) is 13.1 Å². The number of H-pyrrole nitrogens is 1. The van der Waals surface area contributed by atoms with Gasteiger partial charge in [0, 0.05) is 12.1 Å². The number of hydrogen-bond acceptors (Lipinski definition) is 4. The van der Waals surface area contributed by atoms with E-state index >= 15 is 0 Å². The summed E-state index contributed by atoms with van der Waals surface area (Å²) in [6.07, 6.45) is 6.78. The predicted molar refractivity (Wildman–Crippen MR) is 88.7 cm³/mol. The van der Waals surface area contributed by atoms with E-state index in [9.17, 15) is 4.79 Å². The van der Waals surface area contributed by atoms with Crippen LogP contribution in [0.1, 0.15) is 31.2 Å². The predicted octanol–water partition coefficient (Wildman–Crippen LogP) is 2.63. The van der Waals surface area contributed by atoms with Crippen LogP contribution in [0.5, 0.6) is 0 Å². The molecule has 0 unspecified atom stereocenters. The van der Waals surface area contributed by atoms with Crippen LogP contribution in [0.2, 0.25) is 0 Å². The normalized spacial score (nSPS) is 16.4. The molecule has 1 aliphatic rings. The van der Waals surface area contributed by atoms with Crippen LogP contribution in [0.25, 0.3) is 10.6 Å². The van der Waals surface area contributed by atoms with E-state index in [1.807, 2.05) is 11.4 Å². The lowest BCUT2D eigenvalue weighted by molar-refractivity contribution is -0.122. The molecule has 0 saturated carbocycles. The quantitative estimate of drug-likeness (QED) is 0.891. The number of likely N-dealkylation sites (tertiary alicyclic amines) is 1. The highest BCUT2D eigenvalue weighted by Crippen LogP contribution is 2.25. The molecule has 2 N–H and O–H groups in total. The molecule has 1 aliphatic heterocycles. The van der Waals surface area contributed by atoms with Gasteiger partial charge in [-0.15, -0.1) is 11.3 Å². The second kappa shape index (κ2) is 7.56. The van der Waals surface area contributed by atoms with E-state index in [4.69, 9.17) is 0 Å². The minimum atomic E-state index is 0.0974. The maximum atomic E-state index is 12.1. The van der Waals surface area contributed by atoms with Crippen molar-refractivity contribution >= 4 is 17.2 Å². The molecule has 5 nitrogen and oxygen atoms in total. The summed E-state index contributed by atoms with van der Waals surface area (Å²) in [6, 6.07) is 4.07. The Hall–Kier alpha value is -1.66. The van der Waals surface area contributed by atoms with E-state index in [1.54, 1.807) is 17.5 Å². The second-order valence-corrected chi connectivity index (χ2v) is 6.66. The summed E-state index contributed by atoms with van der Waals surface area (Å²) < 4.78 is 0. The van der Waals surface area contributed by atoms with Gasteiger partial charge in [0.25, 0.3) is 0 Å². The molecule has 0 bridgehead atoms. The lowest BCUT2D eigenvalue weighted by Gasteiger charge is -2.18. The number of hydrogen-bond donors (Lipinski definition) is 2. The average Bonchev–Trinajstić information content (AvgIpc) is 3.13. The summed E-state index contributed by atoms with van der Waals surface area (Å²) in [4.78, 5) is 15.5. The first-order valence-corrected chi connectivity index (χ1v) is 8.76. The summed E-state index contributed by atoms with van der Waals surface area (Å²) >= 11 is 1.67. The van der Waals surface area contributed by atoms with Crippen molar-refractivity contribution < 1.29 is 4.79 Å². The number of rotatable bonds is 5. The van der Waals surface area contributed by atoms with Crippen molar-refractivity contribution in [3.8, 4) is 10.6 Å². The largest absolute Gasteiger partial charge is 0.351 e. The molecule has 2 aromatic heterocycles. The monoisotopic (exact) mass is 318 g/mol. The molecule has 6 heteroatoms. The van der Waals surface area contributed by atoms with E-state index in [0.717, 1.165) is 29.2 Å². The molecule has 1 saturated heterocycles. The average molecular weight is 318 g/mol. The molecule has 3 rings (SSSR count). The van der Waals surface area contributed by atoms with Crippen LogP contribution in [-0.2, 0) is 11.3 Å². The van der Waals surface area contributed by atoms with Gasteiger partial charge >= 0.3 is 0 Å². The molecule has 2 aromatic rings. The van der Waals surface area contributed by atoms with Gasteiger partial charge in [-0.2, -0.15) is 5.10 Å². The van der Waals surface area contributed by atoms with Crippen molar-refractivity contribution in [2.45, 2.75) is 32.2 Å². The van der Waals surface area contributed by atoms with Crippen molar-refractivity contribution in [1.29, 1.82) is 0 Å². The maximum Gasteiger partial charge on any atom is 0.234 e. The minimum Gasteiger partial charge on any atom is -0.351 e. The Kier molecular flexibility index (Phi) is 5.24. The summed E-state index contributed by atoms with van der Waals surface area (Å²) in [6.45, 7) is 3.11. The van der Waals surface area contributed by atoms with Crippen molar-refractivity contribution in [2.24, 2.45) is 0 Å². The molecule has 22 heavy (non-hydrogen) atoms. The van der Waals surface area contributed by atoms with Crippen molar-refractivity contribution in [3.63, 3.8) is 0 Å². The summed E-state index contributed by atoms with van der Waals surface area (Å²) in [5.74, 6) is 0.0974. The highest BCUT2D eigenvalue weighted by Gasteiger charge is 2.14. The van der Waals surface area contributed by atoms with E-state index < -0.39 is 0 Å². The van der Waals surface area contributed by atoms with Crippen molar-refractivity contribution in [3.05, 3.63) is 29.3 Å². The summed E-state index contributed by atoms with van der Waals surface area (Å²) in [5.41, 5.74) is 2.04.